The van der Waals surface area contributed by atoms with Crippen LogP contribution in [0.3, 0.4) is 0 Å². The predicted octanol–water partition coefficient (Wildman–Crippen LogP) is 3.57. The molecule has 6 nitrogen and oxygen atoms in total. The maximum atomic E-state index is 12.4. The summed E-state index contributed by atoms with van der Waals surface area (Å²) >= 11 is 0. The molecule has 168 valence electrons. The summed E-state index contributed by atoms with van der Waals surface area (Å²) in [6.07, 6.45) is 0.253. The van der Waals surface area contributed by atoms with Gasteiger partial charge in [0.15, 0.2) is 11.2 Å². The van der Waals surface area contributed by atoms with Gasteiger partial charge in [0.05, 0.1) is 13.2 Å². The topological polar surface area (TPSA) is 93.1 Å². The third-order valence-corrected chi connectivity index (χ3v) is 5.87. The van der Waals surface area contributed by atoms with E-state index >= 15 is 0 Å². The molecule has 0 saturated carbocycles. The van der Waals surface area contributed by atoms with Gasteiger partial charge in [0.2, 0.25) is 0 Å². The fourth-order valence-electron chi connectivity index (χ4n) is 3.17. The van der Waals surface area contributed by atoms with Crippen LogP contribution in [0, 0.1) is 0 Å². The smallest absolute Gasteiger partial charge is 0.338 e. The Morgan fingerprint density at radius 2 is 1.06 bits per heavy atom. The Labute approximate surface area is 183 Å². The van der Waals surface area contributed by atoms with Gasteiger partial charge in [0.25, 0.3) is 0 Å². The quantitative estimate of drug-likeness (QED) is 0.444. The molecule has 0 aliphatic heterocycles. The van der Waals surface area contributed by atoms with Gasteiger partial charge in [-0.25, -0.2) is 9.59 Å². The highest BCUT2D eigenvalue weighted by Crippen LogP contribution is 2.30. The van der Waals surface area contributed by atoms with Crippen molar-refractivity contribution in [2.75, 3.05) is 13.2 Å². The molecule has 0 heterocycles. The second-order valence-electron chi connectivity index (χ2n) is 8.19. The van der Waals surface area contributed by atoms with E-state index in [-0.39, 0.29) is 19.6 Å². The SMILES string of the molecule is C[C@H](c1ccccc1)[C@](C)(O)C(=O)OCCCOC(=O)[C@@](C)(O)[C@@H](C)c1ccccc1. The maximum absolute atomic E-state index is 12.4. The van der Waals surface area contributed by atoms with Crippen LogP contribution in [-0.4, -0.2) is 46.6 Å². The van der Waals surface area contributed by atoms with Gasteiger partial charge in [-0.1, -0.05) is 74.5 Å². The monoisotopic (exact) mass is 428 g/mol. The summed E-state index contributed by atoms with van der Waals surface area (Å²) < 4.78 is 10.4. The molecule has 0 fully saturated rings. The number of benzene rings is 2. The molecule has 0 aliphatic rings. The zero-order valence-corrected chi connectivity index (χ0v) is 18.6. The Bertz CT molecular complexity index is 773. The minimum atomic E-state index is -1.69. The van der Waals surface area contributed by atoms with Gasteiger partial charge < -0.3 is 19.7 Å². The van der Waals surface area contributed by atoms with Gasteiger partial charge in [-0.2, -0.15) is 0 Å². The summed E-state index contributed by atoms with van der Waals surface area (Å²) in [6.45, 7) is 6.34. The Morgan fingerprint density at radius 1 is 0.742 bits per heavy atom. The molecule has 6 heteroatoms. The molecule has 0 amide bonds. The molecule has 0 aliphatic carbocycles. The molecule has 2 aromatic carbocycles. The van der Waals surface area contributed by atoms with Crippen LogP contribution in [-0.2, 0) is 19.1 Å². The van der Waals surface area contributed by atoms with Crippen LogP contribution in [0.4, 0.5) is 0 Å². The summed E-state index contributed by atoms with van der Waals surface area (Å²) in [7, 11) is 0. The molecular formula is C25H32O6. The number of esters is 2. The predicted molar refractivity (Wildman–Crippen MR) is 117 cm³/mol. The molecular weight excluding hydrogens is 396 g/mol. The highest BCUT2D eigenvalue weighted by atomic mass is 16.6. The number of carbonyl (C=O) groups excluding carboxylic acids is 2. The molecule has 2 N–H and O–H groups in total. The minimum Gasteiger partial charge on any atom is -0.463 e. The molecule has 2 rings (SSSR count). The average Bonchev–Trinajstić information content (AvgIpc) is 2.78. The van der Waals surface area contributed by atoms with Crippen LogP contribution in [0.5, 0.6) is 0 Å². The molecule has 31 heavy (non-hydrogen) atoms. The van der Waals surface area contributed by atoms with Crippen molar-refractivity contribution in [2.45, 2.75) is 57.2 Å². The van der Waals surface area contributed by atoms with Crippen LogP contribution in [0.1, 0.15) is 57.1 Å². The number of rotatable bonds is 10. The number of hydrogen-bond acceptors (Lipinski definition) is 6. The van der Waals surface area contributed by atoms with Crippen molar-refractivity contribution in [1.82, 2.24) is 0 Å². The summed E-state index contributed by atoms with van der Waals surface area (Å²) in [6, 6.07) is 18.5. The lowest BCUT2D eigenvalue weighted by molar-refractivity contribution is -0.168. The highest BCUT2D eigenvalue weighted by Gasteiger charge is 2.40. The normalized spacial score (nSPS) is 17.0. The van der Waals surface area contributed by atoms with Gasteiger partial charge in [0.1, 0.15) is 0 Å². The molecule has 4 atom stereocenters. The first kappa shape index (κ1) is 24.6. The van der Waals surface area contributed by atoms with E-state index in [2.05, 4.69) is 0 Å². The molecule has 0 bridgehead atoms. The number of carbonyl (C=O) groups is 2. The van der Waals surface area contributed by atoms with E-state index in [1.807, 2.05) is 60.7 Å². The van der Waals surface area contributed by atoms with Crippen molar-refractivity contribution in [1.29, 1.82) is 0 Å². The van der Waals surface area contributed by atoms with Crippen LogP contribution in [0.2, 0.25) is 0 Å². The minimum absolute atomic E-state index is 0.0137. The van der Waals surface area contributed by atoms with E-state index < -0.39 is 35.0 Å². The van der Waals surface area contributed by atoms with Crippen LogP contribution in [0.25, 0.3) is 0 Å². The summed E-state index contributed by atoms with van der Waals surface area (Å²) in [5, 5.41) is 21.3. The lowest BCUT2D eigenvalue weighted by Crippen LogP contribution is -2.42. The first-order chi connectivity index (χ1) is 14.6. The van der Waals surface area contributed by atoms with E-state index in [4.69, 9.17) is 9.47 Å². The van der Waals surface area contributed by atoms with Crippen molar-refractivity contribution < 1.29 is 29.3 Å². The van der Waals surface area contributed by atoms with E-state index in [9.17, 15) is 19.8 Å². The zero-order chi connectivity index (χ0) is 23.1. The van der Waals surface area contributed by atoms with Gasteiger partial charge in [0, 0.05) is 18.3 Å². The first-order valence-corrected chi connectivity index (χ1v) is 10.5. The van der Waals surface area contributed by atoms with Gasteiger partial charge in [-0.05, 0) is 25.0 Å². The van der Waals surface area contributed by atoms with Crippen molar-refractivity contribution in [3.63, 3.8) is 0 Å². The van der Waals surface area contributed by atoms with E-state index in [1.165, 1.54) is 13.8 Å². The lowest BCUT2D eigenvalue weighted by atomic mass is 9.85. The van der Waals surface area contributed by atoms with Crippen LogP contribution in [0.15, 0.2) is 60.7 Å². The van der Waals surface area contributed by atoms with Gasteiger partial charge in [-0.15, -0.1) is 0 Å². The Morgan fingerprint density at radius 3 is 1.39 bits per heavy atom. The third-order valence-electron chi connectivity index (χ3n) is 5.87. The van der Waals surface area contributed by atoms with Crippen LogP contribution < -0.4 is 0 Å². The molecule has 0 spiro atoms. The van der Waals surface area contributed by atoms with Crippen molar-refractivity contribution >= 4 is 11.9 Å². The number of aliphatic hydroxyl groups is 2. The second kappa shape index (κ2) is 10.6. The van der Waals surface area contributed by atoms with Gasteiger partial charge in [-0.3, -0.25) is 0 Å². The van der Waals surface area contributed by atoms with E-state index in [1.54, 1.807) is 13.8 Å². The molecule has 0 saturated heterocycles. The maximum Gasteiger partial charge on any atom is 0.338 e. The molecule has 0 unspecified atom stereocenters. The van der Waals surface area contributed by atoms with Gasteiger partial charge >= 0.3 is 11.9 Å². The average molecular weight is 429 g/mol. The number of ether oxygens (including phenoxy) is 2. The lowest BCUT2D eigenvalue weighted by Gasteiger charge is -2.29. The third kappa shape index (κ3) is 6.15. The summed E-state index contributed by atoms with van der Waals surface area (Å²) in [5.74, 6) is -2.37. The summed E-state index contributed by atoms with van der Waals surface area (Å²) in [5.41, 5.74) is -1.72. The van der Waals surface area contributed by atoms with Crippen molar-refractivity contribution in [3.05, 3.63) is 71.8 Å². The van der Waals surface area contributed by atoms with E-state index in [0.29, 0.717) is 0 Å². The standard InChI is InChI=1S/C25H32O6/c1-18(20-12-7-5-8-13-20)24(3,28)22(26)30-16-11-17-31-23(27)25(4,29)19(2)21-14-9-6-10-15-21/h5-10,12-15,18-19,28-29H,11,16-17H2,1-4H3/t18-,19+,24-,25-/m0/s1. The Kier molecular flexibility index (Phi) is 8.36. The molecule has 0 radical (unpaired) electrons. The highest BCUT2D eigenvalue weighted by molar-refractivity contribution is 5.80. The zero-order valence-electron chi connectivity index (χ0n) is 18.6. The fourth-order valence-corrected chi connectivity index (χ4v) is 3.17. The van der Waals surface area contributed by atoms with Crippen molar-refractivity contribution in [2.24, 2.45) is 0 Å². The second-order valence-corrected chi connectivity index (χ2v) is 8.19. The molecule has 0 aromatic heterocycles. The van der Waals surface area contributed by atoms with Crippen molar-refractivity contribution in [3.8, 4) is 0 Å². The summed E-state index contributed by atoms with van der Waals surface area (Å²) in [4.78, 5) is 24.7. The molecule has 2 aromatic rings. The van der Waals surface area contributed by atoms with E-state index in [0.717, 1.165) is 11.1 Å². The Balaban J connectivity index is 1.79. The van der Waals surface area contributed by atoms with Crippen LogP contribution >= 0.6 is 0 Å². The number of hydrogen-bond donors (Lipinski definition) is 2. The Hall–Kier alpha value is -2.70. The largest absolute Gasteiger partial charge is 0.463 e. The first-order valence-electron chi connectivity index (χ1n) is 10.5. The fraction of sp³-hybridized carbons (Fsp3) is 0.440.